The molecule has 1 heterocycles. The second-order valence-corrected chi connectivity index (χ2v) is 4.86. The number of hydrogen-bond donors (Lipinski definition) is 1. The molecule has 4 nitrogen and oxygen atoms in total. The van der Waals surface area contributed by atoms with Crippen LogP contribution in [-0.4, -0.2) is 32.7 Å². The number of aliphatic hydroxyl groups is 1. The molecule has 2 aromatic rings. The van der Waals surface area contributed by atoms with Gasteiger partial charge < -0.3 is 9.67 Å². The van der Waals surface area contributed by atoms with Crippen LogP contribution in [0.25, 0.3) is 0 Å². The maximum Gasteiger partial charge on any atom is 0.128 e. The van der Waals surface area contributed by atoms with Crippen molar-refractivity contribution in [3.63, 3.8) is 0 Å². The number of aromatic nitrogens is 2. The second kappa shape index (κ2) is 6.70. The predicted octanol–water partition coefficient (Wildman–Crippen LogP) is 2.07. The Balaban J connectivity index is 2.06. The van der Waals surface area contributed by atoms with Gasteiger partial charge in [-0.2, -0.15) is 0 Å². The van der Waals surface area contributed by atoms with Gasteiger partial charge in [0.25, 0.3) is 0 Å². The fourth-order valence-electron chi connectivity index (χ4n) is 1.97. The van der Waals surface area contributed by atoms with Crippen molar-refractivity contribution < 1.29 is 5.11 Å². The summed E-state index contributed by atoms with van der Waals surface area (Å²) < 4.78 is 1.86. The van der Waals surface area contributed by atoms with Crippen molar-refractivity contribution in [1.29, 1.82) is 0 Å². The fraction of sp³-hybridized carbons (Fsp3) is 0.357. The van der Waals surface area contributed by atoms with Gasteiger partial charge in [-0.1, -0.05) is 41.9 Å². The van der Waals surface area contributed by atoms with Crippen LogP contribution >= 0.6 is 11.6 Å². The molecule has 0 saturated heterocycles. The third kappa shape index (κ3) is 3.80. The van der Waals surface area contributed by atoms with Gasteiger partial charge in [0.1, 0.15) is 11.0 Å². The third-order valence-corrected chi connectivity index (χ3v) is 3.41. The number of nitrogens with zero attached hydrogens (tertiary/aromatic N) is 3. The molecule has 0 atom stereocenters. The highest BCUT2D eigenvalue weighted by molar-refractivity contribution is 6.29. The summed E-state index contributed by atoms with van der Waals surface area (Å²) in [7, 11) is 1.89. The van der Waals surface area contributed by atoms with Crippen LogP contribution in [0, 0.1) is 0 Å². The molecular formula is C14H18ClN3O. The van der Waals surface area contributed by atoms with Gasteiger partial charge in [0.05, 0.1) is 19.3 Å². The molecule has 0 aliphatic rings. The van der Waals surface area contributed by atoms with Gasteiger partial charge >= 0.3 is 0 Å². The van der Waals surface area contributed by atoms with E-state index in [4.69, 9.17) is 11.6 Å². The van der Waals surface area contributed by atoms with E-state index in [0.29, 0.717) is 18.2 Å². The van der Waals surface area contributed by atoms with Crippen LogP contribution in [0.4, 0.5) is 0 Å². The number of hydrogen-bond acceptors (Lipinski definition) is 3. The van der Waals surface area contributed by atoms with Gasteiger partial charge in [-0.3, -0.25) is 4.90 Å². The van der Waals surface area contributed by atoms with Crippen LogP contribution < -0.4 is 0 Å². The summed E-state index contributed by atoms with van der Waals surface area (Å²) in [6, 6.07) is 10.2. The fourth-order valence-corrected chi connectivity index (χ4v) is 2.11. The summed E-state index contributed by atoms with van der Waals surface area (Å²) in [4.78, 5) is 6.43. The normalized spacial score (nSPS) is 11.2. The Labute approximate surface area is 118 Å². The highest BCUT2D eigenvalue weighted by atomic mass is 35.5. The van der Waals surface area contributed by atoms with Crippen LogP contribution in [0.1, 0.15) is 11.4 Å². The van der Waals surface area contributed by atoms with E-state index >= 15 is 0 Å². The molecule has 1 aromatic carbocycles. The van der Waals surface area contributed by atoms with E-state index in [1.54, 1.807) is 6.20 Å². The minimum Gasteiger partial charge on any atom is -0.395 e. The largest absolute Gasteiger partial charge is 0.395 e. The van der Waals surface area contributed by atoms with E-state index in [2.05, 4.69) is 22.0 Å². The standard InChI is InChI=1S/C14H18ClN3O/c1-17-13(15)9-16-14(17)11-18(7-8-19)10-12-5-3-2-4-6-12/h2-6,9,19H,7-8,10-11H2,1H3. The van der Waals surface area contributed by atoms with Gasteiger partial charge in [-0.15, -0.1) is 0 Å². The molecule has 102 valence electrons. The topological polar surface area (TPSA) is 41.3 Å². The molecule has 0 unspecified atom stereocenters. The first-order valence-corrected chi connectivity index (χ1v) is 6.61. The Morgan fingerprint density at radius 2 is 2.00 bits per heavy atom. The van der Waals surface area contributed by atoms with Crippen molar-refractivity contribution in [2.75, 3.05) is 13.2 Å². The lowest BCUT2D eigenvalue weighted by Crippen LogP contribution is -2.27. The minimum absolute atomic E-state index is 0.130. The van der Waals surface area contributed by atoms with Crippen molar-refractivity contribution >= 4 is 11.6 Å². The van der Waals surface area contributed by atoms with Gasteiger partial charge in [0.15, 0.2) is 0 Å². The van der Waals surface area contributed by atoms with Gasteiger partial charge in [-0.25, -0.2) is 4.98 Å². The second-order valence-electron chi connectivity index (χ2n) is 4.48. The van der Waals surface area contributed by atoms with Crippen molar-refractivity contribution in [3.05, 3.63) is 53.1 Å². The van der Waals surface area contributed by atoms with Crippen molar-refractivity contribution in [2.45, 2.75) is 13.1 Å². The van der Waals surface area contributed by atoms with E-state index in [0.717, 1.165) is 12.4 Å². The molecule has 1 N–H and O–H groups in total. The lowest BCUT2D eigenvalue weighted by atomic mass is 10.2. The Kier molecular flexibility index (Phi) is 4.96. The van der Waals surface area contributed by atoms with Crippen LogP contribution in [0.3, 0.4) is 0 Å². The first-order chi connectivity index (χ1) is 9.20. The lowest BCUT2D eigenvalue weighted by Gasteiger charge is -2.21. The Morgan fingerprint density at radius 3 is 2.58 bits per heavy atom. The molecule has 2 rings (SSSR count). The van der Waals surface area contributed by atoms with Crippen LogP contribution in [0.15, 0.2) is 36.5 Å². The van der Waals surface area contributed by atoms with Crippen LogP contribution in [0.5, 0.6) is 0 Å². The SMILES string of the molecule is Cn1c(Cl)cnc1CN(CCO)Cc1ccccc1. The van der Waals surface area contributed by atoms with E-state index in [9.17, 15) is 5.11 Å². The molecule has 0 amide bonds. The molecule has 0 aliphatic carbocycles. The Morgan fingerprint density at radius 1 is 1.26 bits per heavy atom. The zero-order chi connectivity index (χ0) is 13.7. The number of benzene rings is 1. The van der Waals surface area contributed by atoms with Crippen molar-refractivity contribution in [1.82, 2.24) is 14.5 Å². The van der Waals surface area contributed by atoms with E-state index < -0.39 is 0 Å². The minimum atomic E-state index is 0.130. The number of imidazole rings is 1. The van der Waals surface area contributed by atoms with E-state index in [1.165, 1.54) is 5.56 Å². The van der Waals surface area contributed by atoms with E-state index in [-0.39, 0.29) is 6.61 Å². The van der Waals surface area contributed by atoms with Crippen molar-refractivity contribution in [3.8, 4) is 0 Å². The van der Waals surface area contributed by atoms with E-state index in [1.807, 2.05) is 29.8 Å². The summed E-state index contributed by atoms with van der Waals surface area (Å²) in [5.41, 5.74) is 1.22. The molecule has 0 fully saturated rings. The number of aliphatic hydroxyl groups excluding tert-OH is 1. The highest BCUT2D eigenvalue weighted by Crippen LogP contribution is 2.13. The summed E-state index contributed by atoms with van der Waals surface area (Å²) in [6.07, 6.45) is 1.65. The summed E-state index contributed by atoms with van der Waals surface area (Å²) in [6.45, 7) is 2.19. The molecule has 1 aromatic heterocycles. The molecular weight excluding hydrogens is 262 g/mol. The van der Waals surface area contributed by atoms with Gasteiger partial charge in [0, 0.05) is 20.1 Å². The molecule has 5 heteroatoms. The first-order valence-electron chi connectivity index (χ1n) is 6.24. The van der Waals surface area contributed by atoms with Crippen LogP contribution in [0.2, 0.25) is 5.15 Å². The molecule has 0 saturated carbocycles. The molecule has 0 radical (unpaired) electrons. The quantitative estimate of drug-likeness (QED) is 0.880. The third-order valence-electron chi connectivity index (χ3n) is 3.06. The Bertz CT molecular complexity index is 513. The molecule has 19 heavy (non-hydrogen) atoms. The summed E-state index contributed by atoms with van der Waals surface area (Å²) in [5.74, 6) is 0.898. The Hall–Kier alpha value is -1.36. The average molecular weight is 280 g/mol. The summed E-state index contributed by atoms with van der Waals surface area (Å²) in [5, 5.41) is 9.80. The van der Waals surface area contributed by atoms with Gasteiger partial charge in [-0.05, 0) is 5.56 Å². The smallest absolute Gasteiger partial charge is 0.128 e. The first kappa shape index (κ1) is 14.1. The molecule has 0 spiro atoms. The highest BCUT2D eigenvalue weighted by Gasteiger charge is 2.11. The maximum absolute atomic E-state index is 9.17. The van der Waals surface area contributed by atoms with Crippen molar-refractivity contribution in [2.24, 2.45) is 7.05 Å². The maximum atomic E-state index is 9.17. The number of halogens is 1. The monoisotopic (exact) mass is 279 g/mol. The number of rotatable bonds is 6. The lowest BCUT2D eigenvalue weighted by molar-refractivity contribution is 0.180. The predicted molar refractivity (Wildman–Crippen MR) is 75.9 cm³/mol. The molecule has 0 aliphatic heterocycles. The zero-order valence-corrected chi connectivity index (χ0v) is 11.7. The zero-order valence-electron chi connectivity index (χ0n) is 11.0. The van der Waals surface area contributed by atoms with Crippen LogP contribution in [-0.2, 0) is 20.1 Å². The summed E-state index contributed by atoms with van der Waals surface area (Å²) >= 11 is 5.98. The molecule has 0 bridgehead atoms. The average Bonchev–Trinajstić information content (AvgIpc) is 2.72. The van der Waals surface area contributed by atoms with Gasteiger partial charge in [0.2, 0.25) is 0 Å².